The Morgan fingerprint density at radius 3 is 2.75 bits per heavy atom. The van der Waals surface area contributed by atoms with Crippen molar-refractivity contribution in [1.29, 1.82) is 0 Å². The Morgan fingerprint density at radius 2 is 2.06 bits per heavy atom. The summed E-state index contributed by atoms with van der Waals surface area (Å²) in [6, 6.07) is 8.36. The van der Waals surface area contributed by atoms with E-state index in [2.05, 4.69) is 55.1 Å². The first-order valence-electron chi connectivity index (χ1n) is 5.18. The second kappa shape index (κ2) is 5.27. The van der Waals surface area contributed by atoms with Gasteiger partial charge in [-0.1, -0.05) is 28.1 Å². The number of imidazole rings is 1. The molecule has 0 unspecified atom stereocenters. The van der Waals surface area contributed by atoms with Gasteiger partial charge in [-0.15, -0.1) is 0 Å². The van der Waals surface area contributed by atoms with Gasteiger partial charge in [0.25, 0.3) is 0 Å². The highest BCUT2D eigenvalue weighted by Gasteiger charge is 2.02. The van der Waals surface area contributed by atoms with Crippen LogP contribution in [0.2, 0.25) is 0 Å². The van der Waals surface area contributed by atoms with Crippen LogP contribution >= 0.6 is 15.9 Å². The van der Waals surface area contributed by atoms with Gasteiger partial charge in [0.05, 0.1) is 6.54 Å². The third kappa shape index (κ3) is 2.71. The van der Waals surface area contributed by atoms with Crippen LogP contribution in [0, 0.1) is 0 Å². The van der Waals surface area contributed by atoms with E-state index in [9.17, 15) is 0 Å². The Labute approximate surface area is 104 Å². The van der Waals surface area contributed by atoms with Gasteiger partial charge in [0.2, 0.25) is 0 Å². The minimum absolute atomic E-state index is 0.795. The smallest absolute Gasteiger partial charge is 0.122 e. The third-order valence-corrected chi connectivity index (χ3v) is 2.93. The molecule has 0 saturated carbocycles. The van der Waals surface area contributed by atoms with Crippen LogP contribution in [-0.4, -0.2) is 16.6 Å². The molecule has 16 heavy (non-hydrogen) atoms. The first-order valence-corrected chi connectivity index (χ1v) is 5.98. The van der Waals surface area contributed by atoms with E-state index in [1.807, 2.05) is 19.4 Å². The van der Waals surface area contributed by atoms with Crippen molar-refractivity contribution in [2.45, 2.75) is 13.1 Å². The van der Waals surface area contributed by atoms with Crippen LogP contribution in [0.4, 0.5) is 0 Å². The van der Waals surface area contributed by atoms with Gasteiger partial charge in [0.15, 0.2) is 0 Å². The molecule has 84 valence electrons. The molecular formula is C12H14BrN3. The minimum atomic E-state index is 0.795. The maximum Gasteiger partial charge on any atom is 0.122 e. The second-order valence-electron chi connectivity index (χ2n) is 3.63. The summed E-state index contributed by atoms with van der Waals surface area (Å²) >= 11 is 3.43. The van der Waals surface area contributed by atoms with Gasteiger partial charge in [0, 0.05) is 23.4 Å². The topological polar surface area (TPSA) is 29.9 Å². The molecule has 3 nitrogen and oxygen atoms in total. The van der Waals surface area contributed by atoms with E-state index in [0.717, 1.165) is 23.4 Å². The molecule has 4 heteroatoms. The predicted octanol–water partition coefficient (Wildman–Crippen LogP) is 2.41. The summed E-state index contributed by atoms with van der Waals surface area (Å²) in [7, 11) is 1.93. The molecule has 0 atom stereocenters. The zero-order valence-corrected chi connectivity index (χ0v) is 10.7. The van der Waals surface area contributed by atoms with E-state index >= 15 is 0 Å². The largest absolute Gasteiger partial charge is 0.329 e. The number of aromatic nitrogens is 2. The number of rotatable bonds is 4. The van der Waals surface area contributed by atoms with Crippen LogP contribution in [0.25, 0.3) is 0 Å². The molecule has 0 aliphatic carbocycles. The van der Waals surface area contributed by atoms with E-state index in [0.29, 0.717) is 0 Å². The summed E-state index contributed by atoms with van der Waals surface area (Å²) in [6.45, 7) is 1.66. The Balaban J connectivity index is 2.13. The molecule has 0 saturated heterocycles. The van der Waals surface area contributed by atoms with Crippen molar-refractivity contribution < 1.29 is 0 Å². The lowest BCUT2D eigenvalue weighted by Crippen LogP contribution is -2.12. The van der Waals surface area contributed by atoms with Crippen LogP contribution in [0.3, 0.4) is 0 Å². The van der Waals surface area contributed by atoms with E-state index in [1.54, 1.807) is 0 Å². The Morgan fingerprint density at radius 1 is 1.31 bits per heavy atom. The summed E-state index contributed by atoms with van der Waals surface area (Å²) in [4.78, 5) is 4.31. The number of halogens is 1. The van der Waals surface area contributed by atoms with Crippen LogP contribution in [0.1, 0.15) is 11.4 Å². The van der Waals surface area contributed by atoms with Crippen molar-refractivity contribution in [2.75, 3.05) is 7.05 Å². The van der Waals surface area contributed by atoms with Crippen LogP contribution < -0.4 is 5.32 Å². The fourth-order valence-corrected chi connectivity index (χ4v) is 1.86. The molecule has 0 fully saturated rings. The molecule has 0 spiro atoms. The van der Waals surface area contributed by atoms with E-state index in [4.69, 9.17) is 0 Å². The van der Waals surface area contributed by atoms with E-state index in [1.165, 1.54) is 5.56 Å². The molecule has 0 aliphatic rings. The fraction of sp³-hybridized carbons (Fsp3) is 0.250. The number of hydrogen-bond acceptors (Lipinski definition) is 2. The van der Waals surface area contributed by atoms with Crippen LogP contribution in [-0.2, 0) is 13.1 Å². The van der Waals surface area contributed by atoms with Gasteiger partial charge >= 0.3 is 0 Å². The maximum atomic E-state index is 4.31. The molecule has 2 aromatic rings. The molecule has 0 radical (unpaired) electrons. The summed E-state index contributed by atoms with van der Waals surface area (Å²) in [6.07, 6.45) is 3.85. The molecule has 1 aromatic heterocycles. The average Bonchev–Trinajstić information content (AvgIpc) is 2.70. The Bertz CT molecular complexity index is 448. The lowest BCUT2D eigenvalue weighted by Gasteiger charge is -2.07. The highest BCUT2D eigenvalue weighted by Crippen LogP contribution is 2.12. The highest BCUT2D eigenvalue weighted by molar-refractivity contribution is 9.10. The summed E-state index contributed by atoms with van der Waals surface area (Å²) in [5.41, 5.74) is 1.28. The zero-order valence-electron chi connectivity index (χ0n) is 9.15. The van der Waals surface area contributed by atoms with Crippen molar-refractivity contribution >= 4 is 15.9 Å². The van der Waals surface area contributed by atoms with Gasteiger partial charge in [-0.3, -0.25) is 0 Å². The Hall–Kier alpha value is -1.13. The maximum absolute atomic E-state index is 4.31. The average molecular weight is 280 g/mol. The number of nitrogens with zero attached hydrogens (tertiary/aromatic N) is 2. The summed E-state index contributed by atoms with van der Waals surface area (Å²) < 4.78 is 3.26. The lowest BCUT2D eigenvalue weighted by molar-refractivity contribution is 0.673. The molecule has 0 bridgehead atoms. The fourth-order valence-electron chi connectivity index (χ4n) is 1.60. The molecule has 2 rings (SSSR count). The quantitative estimate of drug-likeness (QED) is 0.932. The molecule has 0 aliphatic heterocycles. The summed E-state index contributed by atoms with van der Waals surface area (Å²) in [5, 5.41) is 3.11. The molecule has 0 amide bonds. The lowest BCUT2D eigenvalue weighted by atomic mass is 10.2. The van der Waals surface area contributed by atoms with Crippen molar-refractivity contribution in [3.63, 3.8) is 0 Å². The predicted molar refractivity (Wildman–Crippen MR) is 68.2 cm³/mol. The summed E-state index contributed by atoms with van der Waals surface area (Å²) in [5.74, 6) is 1.06. The first-order chi connectivity index (χ1) is 7.79. The van der Waals surface area contributed by atoms with Crippen molar-refractivity contribution in [3.8, 4) is 0 Å². The third-order valence-electron chi connectivity index (χ3n) is 2.40. The highest BCUT2D eigenvalue weighted by atomic mass is 79.9. The zero-order chi connectivity index (χ0) is 11.4. The molecule has 1 aromatic carbocycles. The molecule has 1 N–H and O–H groups in total. The number of nitrogens with one attached hydrogen (secondary N) is 1. The molecule has 1 heterocycles. The SMILES string of the molecule is CNCc1nccn1Cc1ccc(Br)cc1. The standard InChI is InChI=1S/C12H14BrN3/c1-14-8-12-15-6-7-16(12)9-10-2-4-11(13)5-3-10/h2-7,14H,8-9H2,1H3. The van der Waals surface area contributed by atoms with Crippen LogP contribution in [0.5, 0.6) is 0 Å². The van der Waals surface area contributed by atoms with Gasteiger partial charge < -0.3 is 9.88 Å². The van der Waals surface area contributed by atoms with Crippen LogP contribution in [0.15, 0.2) is 41.1 Å². The Kier molecular flexibility index (Phi) is 3.74. The van der Waals surface area contributed by atoms with Crippen molar-refractivity contribution in [1.82, 2.24) is 14.9 Å². The van der Waals surface area contributed by atoms with Gasteiger partial charge in [-0.2, -0.15) is 0 Å². The number of hydrogen-bond donors (Lipinski definition) is 1. The normalized spacial score (nSPS) is 10.6. The van der Waals surface area contributed by atoms with Crippen molar-refractivity contribution in [2.24, 2.45) is 0 Å². The van der Waals surface area contributed by atoms with Crippen molar-refractivity contribution in [3.05, 3.63) is 52.5 Å². The first kappa shape index (κ1) is 11.4. The monoisotopic (exact) mass is 279 g/mol. The number of benzene rings is 1. The van der Waals surface area contributed by atoms with Gasteiger partial charge in [0.1, 0.15) is 5.82 Å². The minimum Gasteiger partial charge on any atom is -0.329 e. The van der Waals surface area contributed by atoms with E-state index < -0.39 is 0 Å². The molecular weight excluding hydrogens is 266 g/mol. The van der Waals surface area contributed by atoms with E-state index in [-0.39, 0.29) is 0 Å². The van der Waals surface area contributed by atoms with Gasteiger partial charge in [-0.25, -0.2) is 4.98 Å². The second-order valence-corrected chi connectivity index (χ2v) is 4.54. The van der Waals surface area contributed by atoms with Gasteiger partial charge in [-0.05, 0) is 24.7 Å².